The molecule has 1 unspecified atom stereocenters. The van der Waals surface area contributed by atoms with Crippen molar-refractivity contribution < 1.29 is 14.7 Å². The molecule has 1 atom stereocenters. The summed E-state index contributed by atoms with van der Waals surface area (Å²) in [5.41, 5.74) is -0.176. The quantitative estimate of drug-likeness (QED) is 0.929. The highest BCUT2D eigenvalue weighted by Gasteiger charge is 2.48. The van der Waals surface area contributed by atoms with Gasteiger partial charge < -0.3 is 10.0 Å². The lowest BCUT2D eigenvalue weighted by atomic mass is 9.92. The molecule has 5 heteroatoms. The first-order valence-electron chi connectivity index (χ1n) is 6.78. The van der Waals surface area contributed by atoms with Crippen molar-refractivity contribution in [1.82, 2.24) is 4.90 Å². The zero-order chi connectivity index (χ0) is 14.8. The van der Waals surface area contributed by atoms with E-state index in [4.69, 9.17) is 11.6 Å². The fraction of sp³-hybridized carbons (Fsp3) is 0.467. The second-order valence-corrected chi connectivity index (χ2v) is 5.58. The van der Waals surface area contributed by atoms with Gasteiger partial charge >= 0.3 is 5.97 Å². The molecular formula is C15H18ClNO3. The minimum Gasteiger partial charge on any atom is -0.479 e. The summed E-state index contributed by atoms with van der Waals surface area (Å²) in [6.07, 6.45) is 1.93. The minimum atomic E-state index is -1.02. The highest BCUT2D eigenvalue weighted by Crippen LogP contribution is 2.33. The van der Waals surface area contributed by atoms with Crippen LogP contribution in [0.3, 0.4) is 0 Å². The normalized spacial score (nSPS) is 22.0. The van der Waals surface area contributed by atoms with Gasteiger partial charge in [-0.25, -0.2) is 4.79 Å². The molecule has 4 nitrogen and oxygen atoms in total. The minimum absolute atomic E-state index is 0.130. The summed E-state index contributed by atoms with van der Waals surface area (Å²) in [5, 5.41) is 10.1. The molecule has 0 radical (unpaired) electrons. The van der Waals surface area contributed by atoms with Crippen molar-refractivity contribution in [1.29, 1.82) is 0 Å². The first kappa shape index (κ1) is 14.9. The van der Waals surface area contributed by atoms with Crippen molar-refractivity contribution in [2.75, 3.05) is 6.54 Å². The van der Waals surface area contributed by atoms with Crippen LogP contribution in [0.4, 0.5) is 0 Å². The lowest BCUT2D eigenvalue weighted by Gasteiger charge is -2.34. The number of likely N-dealkylation sites (tertiary alicyclic amines) is 1. The van der Waals surface area contributed by atoms with E-state index in [1.807, 2.05) is 6.92 Å². The molecule has 0 saturated carbocycles. The summed E-state index contributed by atoms with van der Waals surface area (Å²) in [6.45, 7) is 2.34. The maximum Gasteiger partial charge on any atom is 0.329 e. The van der Waals surface area contributed by atoms with Crippen LogP contribution in [-0.4, -0.2) is 34.0 Å². The van der Waals surface area contributed by atoms with Crippen molar-refractivity contribution in [2.24, 2.45) is 0 Å². The molecule has 0 aromatic heterocycles. The summed E-state index contributed by atoms with van der Waals surface area (Å²) in [6, 6.07) is 7.06. The second kappa shape index (κ2) is 5.83. The standard InChI is InChI=1S/C15H18ClNO3/c1-2-15(14(19)20)8-3-9-17(15)13(18)10-11-4-6-12(16)7-5-11/h4-7H,2-3,8-10H2,1H3,(H,19,20). The first-order chi connectivity index (χ1) is 9.49. The topological polar surface area (TPSA) is 57.6 Å². The van der Waals surface area contributed by atoms with Gasteiger partial charge in [0.15, 0.2) is 0 Å². The van der Waals surface area contributed by atoms with E-state index in [1.54, 1.807) is 24.3 Å². The van der Waals surface area contributed by atoms with Gasteiger partial charge in [0.05, 0.1) is 6.42 Å². The summed E-state index contributed by atoms with van der Waals surface area (Å²) < 4.78 is 0. The molecule has 1 aromatic rings. The molecule has 1 N–H and O–H groups in total. The van der Waals surface area contributed by atoms with Crippen molar-refractivity contribution in [3.05, 3.63) is 34.9 Å². The third-order valence-corrected chi connectivity index (χ3v) is 4.29. The molecule has 108 valence electrons. The molecule has 1 heterocycles. The fourth-order valence-electron chi connectivity index (χ4n) is 2.86. The van der Waals surface area contributed by atoms with Gasteiger partial charge in [0, 0.05) is 11.6 Å². The van der Waals surface area contributed by atoms with Crippen LogP contribution in [0, 0.1) is 0 Å². The number of hydrogen-bond acceptors (Lipinski definition) is 2. The summed E-state index contributed by atoms with van der Waals surface area (Å²) >= 11 is 5.81. The number of carbonyl (C=O) groups excluding carboxylic acids is 1. The highest BCUT2D eigenvalue weighted by molar-refractivity contribution is 6.30. The van der Waals surface area contributed by atoms with Crippen LogP contribution >= 0.6 is 11.6 Å². The Labute approximate surface area is 123 Å². The Morgan fingerprint density at radius 3 is 2.55 bits per heavy atom. The summed E-state index contributed by atoms with van der Waals surface area (Å²) in [7, 11) is 0. The molecule has 1 aliphatic rings. The van der Waals surface area contributed by atoms with Gasteiger partial charge in [-0.3, -0.25) is 4.79 Å². The molecule has 0 spiro atoms. The Kier molecular flexibility index (Phi) is 4.33. The maximum absolute atomic E-state index is 12.4. The van der Waals surface area contributed by atoms with Crippen molar-refractivity contribution in [3.8, 4) is 0 Å². The monoisotopic (exact) mass is 295 g/mol. The van der Waals surface area contributed by atoms with E-state index in [9.17, 15) is 14.7 Å². The van der Waals surface area contributed by atoms with Gasteiger partial charge in [0.25, 0.3) is 0 Å². The van der Waals surface area contributed by atoms with Gasteiger partial charge in [-0.15, -0.1) is 0 Å². The van der Waals surface area contributed by atoms with Gasteiger partial charge in [0.1, 0.15) is 5.54 Å². The molecule has 1 aliphatic heterocycles. The molecular weight excluding hydrogens is 278 g/mol. The molecule has 0 bridgehead atoms. The average molecular weight is 296 g/mol. The van der Waals surface area contributed by atoms with Crippen molar-refractivity contribution in [2.45, 2.75) is 38.1 Å². The molecule has 0 aliphatic carbocycles. The van der Waals surface area contributed by atoms with E-state index in [0.717, 1.165) is 12.0 Å². The molecule has 20 heavy (non-hydrogen) atoms. The molecule has 1 aromatic carbocycles. The van der Waals surface area contributed by atoms with E-state index in [-0.39, 0.29) is 12.3 Å². The third kappa shape index (κ3) is 2.66. The average Bonchev–Trinajstić information content (AvgIpc) is 2.86. The van der Waals surface area contributed by atoms with E-state index in [0.29, 0.717) is 24.4 Å². The van der Waals surface area contributed by atoms with E-state index < -0.39 is 11.5 Å². The van der Waals surface area contributed by atoms with Crippen molar-refractivity contribution in [3.63, 3.8) is 0 Å². The maximum atomic E-state index is 12.4. The smallest absolute Gasteiger partial charge is 0.329 e. The highest BCUT2D eigenvalue weighted by atomic mass is 35.5. The molecule has 1 fully saturated rings. The van der Waals surface area contributed by atoms with Crippen LogP contribution in [0.25, 0.3) is 0 Å². The van der Waals surface area contributed by atoms with Gasteiger partial charge in [-0.1, -0.05) is 30.7 Å². The third-order valence-electron chi connectivity index (χ3n) is 4.04. The fourth-order valence-corrected chi connectivity index (χ4v) is 2.98. The lowest BCUT2D eigenvalue weighted by Crippen LogP contribution is -2.53. The van der Waals surface area contributed by atoms with Gasteiger partial charge in [-0.2, -0.15) is 0 Å². The van der Waals surface area contributed by atoms with E-state index >= 15 is 0 Å². The molecule has 1 amide bonds. The van der Waals surface area contributed by atoms with Crippen LogP contribution in [0.2, 0.25) is 5.02 Å². The number of nitrogens with zero attached hydrogens (tertiary/aromatic N) is 1. The zero-order valence-electron chi connectivity index (χ0n) is 11.4. The van der Waals surface area contributed by atoms with Crippen molar-refractivity contribution >= 4 is 23.5 Å². The van der Waals surface area contributed by atoms with E-state index in [2.05, 4.69) is 0 Å². The first-order valence-corrected chi connectivity index (χ1v) is 7.15. The van der Waals surface area contributed by atoms with Crippen LogP contribution in [0.15, 0.2) is 24.3 Å². The van der Waals surface area contributed by atoms with Crippen LogP contribution in [0.5, 0.6) is 0 Å². The molecule has 2 rings (SSSR count). The Balaban J connectivity index is 2.15. The predicted molar refractivity (Wildman–Crippen MR) is 76.8 cm³/mol. The van der Waals surface area contributed by atoms with Crippen LogP contribution in [0.1, 0.15) is 31.7 Å². The Morgan fingerprint density at radius 1 is 1.35 bits per heavy atom. The molecule has 1 saturated heterocycles. The SMILES string of the molecule is CCC1(C(=O)O)CCCN1C(=O)Cc1ccc(Cl)cc1. The van der Waals surface area contributed by atoms with Gasteiger partial charge in [0.2, 0.25) is 5.91 Å². The van der Waals surface area contributed by atoms with Gasteiger partial charge in [-0.05, 0) is 37.0 Å². The summed E-state index contributed by atoms with van der Waals surface area (Å²) in [5.74, 6) is -1.03. The second-order valence-electron chi connectivity index (χ2n) is 5.14. The number of amides is 1. The lowest BCUT2D eigenvalue weighted by molar-refractivity contribution is -0.156. The number of hydrogen-bond donors (Lipinski definition) is 1. The van der Waals surface area contributed by atoms with Crippen LogP contribution in [-0.2, 0) is 16.0 Å². The number of rotatable bonds is 4. The Hall–Kier alpha value is -1.55. The van der Waals surface area contributed by atoms with E-state index in [1.165, 1.54) is 4.90 Å². The Bertz CT molecular complexity index is 514. The zero-order valence-corrected chi connectivity index (χ0v) is 12.2. The number of aliphatic carboxylic acids is 1. The Morgan fingerprint density at radius 2 is 2.00 bits per heavy atom. The van der Waals surface area contributed by atoms with Crippen LogP contribution < -0.4 is 0 Å². The summed E-state index contributed by atoms with van der Waals surface area (Å²) in [4.78, 5) is 25.5. The number of carboxylic acid groups (broad SMARTS) is 1. The predicted octanol–water partition coefficient (Wildman–Crippen LogP) is 2.74. The number of carboxylic acids is 1. The number of carbonyl (C=O) groups is 2. The number of benzene rings is 1. The largest absolute Gasteiger partial charge is 0.479 e. The number of halogens is 1.